The van der Waals surface area contributed by atoms with E-state index in [-0.39, 0.29) is 23.7 Å². The van der Waals surface area contributed by atoms with Crippen LogP contribution >= 0.6 is 11.3 Å². The molecule has 0 radical (unpaired) electrons. The normalized spacial score (nSPS) is 14.9. The van der Waals surface area contributed by atoms with Crippen LogP contribution in [0.15, 0.2) is 26.9 Å². The van der Waals surface area contributed by atoms with Gasteiger partial charge in [-0.1, -0.05) is 0 Å². The average Bonchev–Trinajstić information content (AvgIpc) is 3.16. The van der Waals surface area contributed by atoms with Crippen molar-refractivity contribution in [3.63, 3.8) is 0 Å². The smallest absolute Gasteiger partial charge is 0.339 e. The topological polar surface area (TPSA) is 90.7 Å². The molecule has 1 aromatic carbocycles. The predicted octanol–water partition coefficient (Wildman–Crippen LogP) is 3.99. The number of nitrogens with one attached hydrogen (secondary N) is 1. The van der Waals surface area contributed by atoms with Crippen LogP contribution < -0.4 is 20.4 Å². The van der Waals surface area contributed by atoms with Crippen LogP contribution in [0.3, 0.4) is 0 Å². The lowest BCUT2D eigenvalue weighted by molar-refractivity contribution is -0.118. The fourth-order valence-electron chi connectivity index (χ4n) is 3.43. The summed E-state index contributed by atoms with van der Waals surface area (Å²) >= 11 is 1.33. The number of anilines is 1. The molecule has 2 aromatic heterocycles. The number of thiazole rings is 1. The second-order valence-corrected chi connectivity index (χ2v) is 8.63. The zero-order chi connectivity index (χ0) is 20.8. The molecule has 29 heavy (non-hydrogen) atoms. The molecule has 0 aliphatic carbocycles. The van der Waals surface area contributed by atoms with Gasteiger partial charge in [0.05, 0.1) is 5.39 Å². The van der Waals surface area contributed by atoms with E-state index in [0.29, 0.717) is 33.2 Å². The molecule has 3 heterocycles. The molecule has 0 saturated carbocycles. The lowest BCUT2D eigenvalue weighted by Crippen LogP contribution is -2.32. The van der Waals surface area contributed by atoms with Crippen LogP contribution in [0.1, 0.15) is 37.0 Å². The van der Waals surface area contributed by atoms with E-state index in [0.717, 1.165) is 24.0 Å². The van der Waals surface area contributed by atoms with Crippen molar-refractivity contribution in [2.24, 2.45) is 0 Å². The van der Waals surface area contributed by atoms with Gasteiger partial charge in [-0.25, -0.2) is 9.78 Å². The van der Waals surface area contributed by atoms with Crippen LogP contribution in [-0.2, 0) is 11.2 Å². The molecule has 0 fully saturated rings. The Hall–Kier alpha value is -2.87. The van der Waals surface area contributed by atoms with Gasteiger partial charge in [0.25, 0.3) is 5.91 Å². The van der Waals surface area contributed by atoms with Gasteiger partial charge in [0, 0.05) is 28.8 Å². The Balaban J connectivity index is 1.75. The molecule has 3 aromatic rings. The van der Waals surface area contributed by atoms with E-state index in [2.05, 4.69) is 10.3 Å². The summed E-state index contributed by atoms with van der Waals surface area (Å²) in [5.41, 5.74) is 1.92. The number of benzene rings is 1. The number of hydrogen-bond acceptors (Lipinski definition) is 7. The molecule has 0 saturated heterocycles. The third-order valence-electron chi connectivity index (χ3n) is 5.15. The highest BCUT2D eigenvalue weighted by atomic mass is 32.1. The van der Waals surface area contributed by atoms with Crippen molar-refractivity contribution in [2.75, 3.05) is 11.9 Å². The molecular formula is C21H22N2O5S. The van der Waals surface area contributed by atoms with Crippen molar-refractivity contribution >= 4 is 33.3 Å². The quantitative estimate of drug-likeness (QED) is 0.649. The SMILES string of the molecule is Cc1c(C)c2c(OCC(=O)Nc3nccs3)cc3c(c2oc1=O)CCC(C)(C)O3. The highest BCUT2D eigenvalue weighted by molar-refractivity contribution is 7.13. The van der Waals surface area contributed by atoms with Gasteiger partial charge in [0.2, 0.25) is 0 Å². The fraction of sp³-hybridized carbons (Fsp3) is 0.381. The van der Waals surface area contributed by atoms with E-state index < -0.39 is 0 Å². The molecule has 0 spiro atoms. The lowest BCUT2D eigenvalue weighted by atomic mass is 9.92. The first-order valence-electron chi connectivity index (χ1n) is 9.36. The Morgan fingerprint density at radius 2 is 2.14 bits per heavy atom. The van der Waals surface area contributed by atoms with Gasteiger partial charge in [0.15, 0.2) is 11.7 Å². The summed E-state index contributed by atoms with van der Waals surface area (Å²) in [6.07, 6.45) is 3.16. The maximum atomic E-state index is 12.3. The first kappa shape index (κ1) is 19.4. The number of ether oxygens (including phenoxy) is 2. The zero-order valence-corrected chi connectivity index (χ0v) is 17.6. The van der Waals surface area contributed by atoms with Crippen LogP contribution in [0.4, 0.5) is 5.13 Å². The first-order valence-corrected chi connectivity index (χ1v) is 10.2. The molecule has 0 bridgehead atoms. The molecule has 152 valence electrons. The molecule has 1 aliphatic heterocycles. The molecule has 1 N–H and O–H groups in total. The maximum Gasteiger partial charge on any atom is 0.339 e. The molecule has 7 nitrogen and oxygen atoms in total. The second-order valence-electron chi connectivity index (χ2n) is 7.73. The van der Waals surface area contributed by atoms with E-state index in [9.17, 15) is 9.59 Å². The standard InChI is InChI=1S/C21H22N2O5S/c1-11-12(2)19(25)27-18-13-5-6-21(3,4)28-14(13)9-15(17(11)18)26-10-16(24)23-20-22-7-8-29-20/h7-9H,5-6,10H2,1-4H3,(H,22,23,24). The summed E-state index contributed by atoms with van der Waals surface area (Å²) in [5, 5.41) is 5.68. The number of carbonyl (C=O) groups excluding carboxylic acids is 1. The largest absolute Gasteiger partial charge is 0.487 e. The van der Waals surface area contributed by atoms with Crippen molar-refractivity contribution in [1.29, 1.82) is 0 Å². The van der Waals surface area contributed by atoms with Gasteiger partial charge < -0.3 is 13.9 Å². The van der Waals surface area contributed by atoms with Gasteiger partial charge >= 0.3 is 5.63 Å². The average molecular weight is 414 g/mol. The predicted molar refractivity (Wildman–Crippen MR) is 111 cm³/mol. The van der Waals surface area contributed by atoms with Crippen LogP contribution in [-0.4, -0.2) is 23.1 Å². The Morgan fingerprint density at radius 3 is 2.86 bits per heavy atom. The van der Waals surface area contributed by atoms with Crippen molar-refractivity contribution in [1.82, 2.24) is 4.98 Å². The number of rotatable bonds is 4. The highest BCUT2D eigenvalue weighted by Crippen LogP contribution is 2.43. The Morgan fingerprint density at radius 1 is 1.34 bits per heavy atom. The van der Waals surface area contributed by atoms with Crippen molar-refractivity contribution < 1.29 is 18.7 Å². The number of aryl methyl sites for hydroxylation is 2. The first-order chi connectivity index (χ1) is 13.7. The Kier molecular flexibility index (Phi) is 4.82. The second kappa shape index (κ2) is 7.18. The van der Waals surface area contributed by atoms with Gasteiger partial charge in [-0.2, -0.15) is 0 Å². The molecule has 1 aliphatic rings. The van der Waals surface area contributed by atoms with Crippen LogP contribution in [0.5, 0.6) is 11.5 Å². The van der Waals surface area contributed by atoms with Crippen molar-refractivity contribution in [3.8, 4) is 11.5 Å². The minimum Gasteiger partial charge on any atom is -0.487 e. The van der Waals surface area contributed by atoms with Crippen LogP contribution in [0.2, 0.25) is 0 Å². The number of hydrogen-bond donors (Lipinski definition) is 1. The third-order valence-corrected chi connectivity index (χ3v) is 5.83. The minimum absolute atomic E-state index is 0.200. The minimum atomic E-state index is -0.374. The summed E-state index contributed by atoms with van der Waals surface area (Å²) in [4.78, 5) is 28.6. The molecule has 8 heteroatoms. The van der Waals surface area contributed by atoms with Gasteiger partial charge in [0.1, 0.15) is 22.7 Å². The molecule has 0 unspecified atom stereocenters. The summed E-state index contributed by atoms with van der Waals surface area (Å²) in [5.74, 6) is 0.754. The zero-order valence-electron chi connectivity index (χ0n) is 16.8. The van der Waals surface area contributed by atoms with E-state index in [1.54, 1.807) is 24.6 Å². The lowest BCUT2D eigenvalue weighted by Gasteiger charge is -2.33. The summed E-state index contributed by atoms with van der Waals surface area (Å²) in [6.45, 7) is 7.40. The Labute approximate surface area is 171 Å². The van der Waals surface area contributed by atoms with Gasteiger partial charge in [-0.15, -0.1) is 11.3 Å². The summed E-state index contributed by atoms with van der Waals surface area (Å²) in [6, 6.07) is 1.79. The fourth-order valence-corrected chi connectivity index (χ4v) is 3.98. The number of carbonyl (C=O) groups is 1. The molecule has 1 amide bonds. The monoisotopic (exact) mass is 414 g/mol. The van der Waals surface area contributed by atoms with Gasteiger partial charge in [-0.05, 0) is 46.1 Å². The highest BCUT2D eigenvalue weighted by Gasteiger charge is 2.31. The maximum absolute atomic E-state index is 12.3. The van der Waals surface area contributed by atoms with Gasteiger partial charge in [-0.3, -0.25) is 10.1 Å². The number of nitrogens with zero attached hydrogens (tertiary/aromatic N) is 1. The Bertz CT molecular complexity index is 1150. The van der Waals surface area contributed by atoms with E-state index >= 15 is 0 Å². The third kappa shape index (κ3) is 3.72. The van der Waals surface area contributed by atoms with E-state index in [1.807, 2.05) is 20.8 Å². The van der Waals surface area contributed by atoms with E-state index in [4.69, 9.17) is 13.9 Å². The summed E-state index contributed by atoms with van der Waals surface area (Å²) < 4.78 is 17.6. The number of aromatic nitrogens is 1. The molecule has 4 rings (SSSR count). The summed E-state index contributed by atoms with van der Waals surface area (Å²) in [7, 11) is 0. The van der Waals surface area contributed by atoms with Crippen LogP contribution in [0, 0.1) is 13.8 Å². The molecular weight excluding hydrogens is 392 g/mol. The number of fused-ring (bicyclic) bond motifs is 3. The molecule has 0 atom stereocenters. The van der Waals surface area contributed by atoms with Crippen molar-refractivity contribution in [2.45, 2.75) is 46.1 Å². The van der Waals surface area contributed by atoms with E-state index in [1.165, 1.54) is 11.3 Å². The van der Waals surface area contributed by atoms with Crippen LogP contribution in [0.25, 0.3) is 11.0 Å². The number of amides is 1. The van der Waals surface area contributed by atoms with Crippen molar-refractivity contribution in [3.05, 3.63) is 44.8 Å².